The Bertz CT molecular complexity index is 1990. The average Bonchev–Trinajstić information content (AvgIpc) is 3.53. The molecule has 0 unspecified atom stereocenters. The van der Waals surface area contributed by atoms with Crippen LogP contribution in [-0.2, 0) is 29.3 Å². The predicted octanol–water partition coefficient (Wildman–Crippen LogP) is 5.82. The maximum absolute atomic E-state index is 13.2. The van der Waals surface area contributed by atoms with Gasteiger partial charge in [0.15, 0.2) is 11.5 Å². The maximum Gasteiger partial charge on any atom is 0.237 e. The van der Waals surface area contributed by atoms with Crippen LogP contribution in [0.1, 0.15) is 34.2 Å². The van der Waals surface area contributed by atoms with E-state index in [9.17, 15) is 15.2 Å². The van der Waals surface area contributed by atoms with Gasteiger partial charge in [0.05, 0.1) is 35.4 Å². The zero-order valence-corrected chi connectivity index (χ0v) is 29.7. The number of aliphatic hydroxyl groups is 1. The molecule has 0 spiro atoms. The lowest BCUT2D eigenvalue weighted by Crippen LogP contribution is -2.43. The van der Waals surface area contributed by atoms with Crippen molar-refractivity contribution in [3.8, 4) is 52.5 Å². The number of nitrogens with zero attached hydrogens (tertiary/aromatic N) is 2. The van der Waals surface area contributed by atoms with Crippen molar-refractivity contribution in [1.29, 1.82) is 5.26 Å². The van der Waals surface area contributed by atoms with Gasteiger partial charge in [-0.25, -0.2) is 0 Å². The molecule has 10 nitrogen and oxygen atoms in total. The molecule has 2 aliphatic rings. The highest BCUT2D eigenvalue weighted by Crippen LogP contribution is 2.38. The second kappa shape index (κ2) is 17.3. The lowest BCUT2D eigenvalue weighted by molar-refractivity contribution is -0.125. The quantitative estimate of drug-likeness (QED) is 0.123. The first-order chi connectivity index (χ1) is 25.3. The summed E-state index contributed by atoms with van der Waals surface area (Å²) in [6, 6.07) is 24.4. The normalized spacial score (nSPS) is 16.5. The van der Waals surface area contributed by atoms with Crippen molar-refractivity contribution in [2.45, 2.75) is 45.2 Å². The van der Waals surface area contributed by atoms with E-state index in [-0.39, 0.29) is 45.3 Å². The van der Waals surface area contributed by atoms with Crippen LogP contribution in [0.2, 0.25) is 5.02 Å². The summed E-state index contributed by atoms with van der Waals surface area (Å²) < 4.78 is 29.5. The molecule has 1 amide bonds. The van der Waals surface area contributed by atoms with Gasteiger partial charge < -0.3 is 34.1 Å². The fourth-order valence-corrected chi connectivity index (χ4v) is 6.64. The molecule has 4 aromatic carbocycles. The molecule has 52 heavy (non-hydrogen) atoms. The molecule has 2 heterocycles. The third-order valence-electron chi connectivity index (χ3n) is 9.04. The molecule has 0 bridgehead atoms. The number of terminal acetylenes is 1. The number of nitriles is 1. The van der Waals surface area contributed by atoms with E-state index in [1.54, 1.807) is 24.3 Å². The fraction of sp³-hybridized carbons (Fsp3) is 0.317. The number of amides is 1. The minimum atomic E-state index is -0.675. The summed E-state index contributed by atoms with van der Waals surface area (Å²) in [6.07, 6.45) is 4.84. The zero-order valence-electron chi connectivity index (χ0n) is 28.9. The van der Waals surface area contributed by atoms with Gasteiger partial charge in [0, 0.05) is 31.3 Å². The Morgan fingerprint density at radius 2 is 1.83 bits per heavy atom. The van der Waals surface area contributed by atoms with Crippen LogP contribution in [0.4, 0.5) is 0 Å². The van der Waals surface area contributed by atoms with Gasteiger partial charge in [-0.15, -0.1) is 6.42 Å². The number of likely N-dealkylation sites (tertiary alicyclic amines) is 1. The summed E-state index contributed by atoms with van der Waals surface area (Å²) in [5.41, 5.74) is 6.16. The van der Waals surface area contributed by atoms with Crippen molar-refractivity contribution < 1.29 is 33.6 Å². The van der Waals surface area contributed by atoms with Crippen LogP contribution >= 0.6 is 11.6 Å². The molecule has 2 atom stereocenters. The topological polar surface area (TPSA) is 123 Å². The zero-order chi connectivity index (χ0) is 36.5. The Hall–Kier alpha value is -5.23. The highest BCUT2D eigenvalue weighted by molar-refractivity contribution is 6.32. The number of ether oxygens (including phenoxy) is 5. The number of carbonyl (C=O) groups excluding carboxylic acids is 1. The standard InChI is InChI=1S/C41H40ClN3O7/c1-3-13-48-14-12-44-41(47)36-20-33(46)24-45(36)23-32-18-35(42)39(21-38(32)51-25-29-7-4-6-28(17-29)22-43)52-26-31-8-5-9-34(27(31)2)30-10-11-37-40(19-30)50-16-15-49-37/h1,4-11,17-19,21,33,36,46H,12-16,20,23-26H2,2H3,(H,44,47)/t33-,36-/m1/s1. The summed E-state index contributed by atoms with van der Waals surface area (Å²) in [7, 11) is 0. The first kappa shape index (κ1) is 36.6. The van der Waals surface area contributed by atoms with Crippen LogP contribution in [0.3, 0.4) is 0 Å². The molecule has 1 fully saturated rings. The number of carbonyl (C=O) groups is 1. The second-order valence-electron chi connectivity index (χ2n) is 12.6. The minimum absolute atomic E-state index is 0.168. The molecule has 6 rings (SSSR count). The van der Waals surface area contributed by atoms with E-state index in [0.717, 1.165) is 44.9 Å². The number of rotatable bonds is 14. The van der Waals surface area contributed by atoms with Crippen molar-refractivity contribution in [2.24, 2.45) is 0 Å². The lowest BCUT2D eigenvalue weighted by Gasteiger charge is -2.25. The van der Waals surface area contributed by atoms with Gasteiger partial charge in [-0.05, 0) is 71.5 Å². The molecule has 0 saturated carbocycles. The molecule has 2 N–H and O–H groups in total. The lowest BCUT2D eigenvalue weighted by atomic mass is 9.96. The molecule has 1 saturated heterocycles. The number of benzene rings is 4. The Labute approximate surface area is 308 Å². The number of fused-ring (bicyclic) bond motifs is 1. The predicted molar refractivity (Wildman–Crippen MR) is 196 cm³/mol. The Balaban J connectivity index is 1.22. The highest BCUT2D eigenvalue weighted by Gasteiger charge is 2.36. The monoisotopic (exact) mass is 721 g/mol. The van der Waals surface area contributed by atoms with Crippen molar-refractivity contribution >= 4 is 17.5 Å². The van der Waals surface area contributed by atoms with E-state index in [4.69, 9.17) is 41.7 Å². The molecule has 4 aromatic rings. The number of hydrogen-bond donors (Lipinski definition) is 2. The van der Waals surface area contributed by atoms with E-state index in [1.807, 2.05) is 47.4 Å². The number of β-amino-alcohol motifs (C(OH)–C–C–N with tert-alkyl or cyclic N) is 1. The smallest absolute Gasteiger partial charge is 0.237 e. The summed E-state index contributed by atoms with van der Waals surface area (Å²) in [5.74, 6) is 4.59. The highest BCUT2D eigenvalue weighted by atomic mass is 35.5. The molecular weight excluding hydrogens is 682 g/mol. The minimum Gasteiger partial charge on any atom is -0.488 e. The van der Waals surface area contributed by atoms with Crippen LogP contribution in [0.5, 0.6) is 23.0 Å². The third kappa shape index (κ3) is 8.97. The van der Waals surface area contributed by atoms with Crippen molar-refractivity contribution in [3.63, 3.8) is 0 Å². The SMILES string of the molecule is C#CCOCCNC(=O)[C@H]1C[C@@H](O)CN1Cc1cc(Cl)c(OCc2cccc(-c3ccc4c(c3)OCCO4)c2C)cc1OCc1cccc(C#N)c1. The molecule has 0 radical (unpaired) electrons. The largest absolute Gasteiger partial charge is 0.488 e. The van der Waals surface area contributed by atoms with Crippen LogP contribution in [0, 0.1) is 30.6 Å². The third-order valence-corrected chi connectivity index (χ3v) is 9.33. The van der Waals surface area contributed by atoms with E-state index < -0.39 is 12.1 Å². The summed E-state index contributed by atoms with van der Waals surface area (Å²) in [4.78, 5) is 15.1. The fourth-order valence-electron chi connectivity index (χ4n) is 6.40. The average molecular weight is 722 g/mol. The van der Waals surface area contributed by atoms with Crippen molar-refractivity contribution in [3.05, 3.63) is 106 Å². The van der Waals surface area contributed by atoms with Crippen LogP contribution in [0.25, 0.3) is 11.1 Å². The molecule has 2 aliphatic heterocycles. The van der Waals surface area contributed by atoms with Gasteiger partial charge >= 0.3 is 0 Å². The number of halogens is 1. The van der Waals surface area contributed by atoms with E-state index in [1.165, 1.54) is 0 Å². The molecule has 0 aromatic heterocycles. The first-order valence-electron chi connectivity index (χ1n) is 17.1. The van der Waals surface area contributed by atoms with Gasteiger partial charge in [-0.2, -0.15) is 5.26 Å². The van der Waals surface area contributed by atoms with E-state index in [0.29, 0.717) is 48.4 Å². The molecule has 0 aliphatic carbocycles. The number of aliphatic hydroxyl groups excluding tert-OH is 1. The number of nitrogens with one attached hydrogen (secondary N) is 1. The summed E-state index contributed by atoms with van der Waals surface area (Å²) >= 11 is 6.86. The van der Waals surface area contributed by atoms with Crippen LogP contribution in [-0.4, -0.2) is 67.6 Å². The van der Waals surface area contributed by atoms with Crippen LogP contribution in [0.15, 0.2) is 72.8 Å². The first-order valence-corrected chi connectivity index (χ1v) is 17.5. The molecular formula is C41H40ClN3O7. The summed E-state index contributed by atoms with van der Waals surface area (Å²) in [6.45, 7) is 4.87. The van der Waals surface area contributed by atoms with Gasteiger partial charge in [-0.1, -0.05) is 53.9 Å². The van der Waals surface area contributed by atoms with Gasteiger partial charge in [0.1, 0.15) is 44.5 Å². The van der Waals surface area contributed by atoms with E-state index in [2.05, 4.69) is 30.3 Å². The Morgan fingerprint density at radius 1 is 1.02 bits per heavy atom. The Kier molecular flexibility index (Phi) is 12.2. The van der Waals surface area contributed by atoms with Crippen molar-refractivity contribution in [2.75, 3.05) is 39.5 Å². The van der Waals surface area contributed by atoms with Gasteiger partial charge in [0.25, 0.3) is 0 Å². The molecule has 11 heteroatoms. The Morgan fingerprint density at radius 3 is 2.65 bits per heavy atom. The second-order valence-corrected chi connectivity index (χ2v) is 13.0. The van der Waals surface area contributed by atoms with Gasteiger partial charge in [0.2, 0.25) is 5.91 Å². The van der Waals surface area contributed by atoms with E-state index >= 15 is 0 Å². The maximum atomic E-state index is 13.2. The van der Waals surface area contributed by atoms with Gasteiger partial charge in [-0.3, -0.25) is 9.69 Å². The van der Waals surface area contributed by atoms with Crippen molar-refractivity contribution in [1.82, 2.24) is 10.2 Å². The summed E-state index contributed by atoms with van der Waals surface area (Å²) in [5, 5.41) is 23.2. The number of hydrogen-bond acceptors (Lipinski definition) is 9. The molecule has 268 valence electrons. The van der Waals surface area contributed by atoms with Crippen LogP contribution < -0.4 is 24.3 Å².